The summed E-state index contributed by atoms with van der Waals surface area (Å²) < 4.78 is 3.66. The number of benzene rings is 1. The van der Waals surface area contributed by atoms with E-state index in [1.807, 2.05) is 35.9 Å². The molecule has 0 bridgehead atoms. The first kappa shape index (κ1) is 20.3. The lowest BCUT2D eigenvalue weighted by Gasteiger charge is -2.22. The molecular weight excluding hydrogens is 400 g/mol. The Hall–Kier alpha value is -2.43. The number of halogens is 1. The summed E-state index contributed by atoms with van der Waals surface area (Å²) in [5.74, 6) is -0.260. The van der Waals surface area contributed by atoms with Crippen LogP contribution in [-0.2, 0) is 7.05 Å². The molecule has 3 heterocycles. The van der Waals surface area contributed by atoms with Crippen LogP contribution in [0.25, 0.3) is 0 Å². The van der Waals surface area contributed by atoms with Crippen molar-refractivity contribution in [3.05, 3.63) is 42.5 Å². The van der Waals surface area contributed by atoms with Crippen LogP contribution in [0, 0.1) is 0 Å². The number of nitrogens with zero attached hydrogens (tertiary/aromatic N) is 6. The molecule has 1 fully saturated rings. The Labute approximate surface area is 172 Å². The van der Waals surface area contributed by atoms with Crippen molar-refractivity contribution >= 4 is 35.8 Å². The molecule has 1 amide bonds. The van der Waals surface area contributed by atoms with Gasteiger partial charge in [0, 0.05) is 17.6 Å². The van der Waals surface area contributed by atoms with Gasteiger partial charge in [-0.1, -0.05) is 5.21 Å². The first-order valence-corrected chi connectivity index (χ1v) is 9.56. The van der Waals surface area contributed by atoms with E-state index in [0.717, 1.165) is 36.0 Å². The molecule has 1 aliphatic heterocycles. The monoisotopic (exact) mass is 420 g/mol. The SMILES string of the molecule is Cl.Cn1cnnc1Sc1ccc(NC(=O)c2cn(C3CCNCC3)nn2)cc1. The number of anilines is 1. The number of nitrogens with one attached hydrogen (secondary N) is 2. The van der Waals surface area contributed by atoms with Gasteiger partial charge >= 0.3 is 0 Å². The molecule has 148 valence electrons. The van der Waals surface area contributed by atoms with E-state index in [4.69, 9.17) is 0 Å². The Bertz CT molecular complexity index is 919. The minimum absolute atomic E-state index is 0. The molecule has 28 heavy (non-hydrogen) atoms. The minimum atomic E-state index is -0.260. The molecule has 0 atom stereocenters. The highest BCUT2D eigenvalue weighted by molar-refractivity contribution is 7.99. The van der Waals surface area contributed by atoms with Crippen molar-refractivity contribution < 1.29 is 4.79 Å². The van der Waals surface area contributed by atoms with Crippen LogP contribution < -0.4 is 10.6 Å². The van der Waals surface area contributed by atoms with Crippen LogP contribution in [0.4, 0.5) is 5.69 Å². The third-order valence-electron chi connectivity index (χ3n) is 4.42. The van der Waals surface area contributed by atoms with E-state index in [1.165, 1.54) is 11.8 Å². The number of rotatable bonds is 5. The third kappa shape index (κ3) is 4.70. The average molecular weight is 421 g/mol. The van der Waals surface area contributed by atoms with E-state index < -0.39 is 0 Å². The number of piperidine rings is 1. The fraction of sp³-hybridized carbons (Fsp3) is 0.353. The van der Waals surface area contributed by atoms with Gasteiger partial charge in [-0.15, -0.1) is 27.7 Å². The van der Waals surface area contributed by atoms with Crippen LogP contribution in [0.1, 0.15) is 29.4 Å². The summed E-state index contributed by atoms with van der Waals surface area (Å²) in [4.78, 5) is 13.4. The number of hydrogen-bond donors (Lipinski definition) is 2. The molecule has 2 aromatic heterocycles. The molecule has 0 unspecified atom stereocenters. The molecule has 0 spiro atoms. The van der Waals surface area contributed by atoms with Gasteiger partial charge in [0.1, 0.15) is 6.33 Å². The fourth-order valence-corrected chi connectivity index (χ4v) is 3.66. The predicted octanol–water partition coefficient (Wildman–Crippen LogP) is 2.16. The first-order valence-electron chi connectivity index (χ1n) is 8.75. The van der Waals surface area contributed by atoms with Gasteiger partial charge in [0.25, 0.3) is 5.91 Å². The Kier molecular flexibility index (Phi) is 6.65. The number of aromatic nitrogens is 6. The van der Waals surface area contributed by atoms with Gasteiger partial charge in [0.2, 0.25) is 0 Å². The van der Waals surface area contributed by atoms with E-state index in [1.54, 1.807) is 17.2 Å². The van der Waals surface area contributed by atoms with Gasteiger partial charge in [-0.2, -0.15) is 0 Å². The van der Waals surface area contributed by atoms with Crippen LogP contribution in [-0.4, -0.2) is 48.8 Å². The highest BCUT2D eigenvalue weighted by atomic mass is 35.5. The second-order valence-electron chi connectivity index (χ2n) is 6.37. The van der Waals surface area contributed by atoms with Crippen LogP contribution in [0.5, 0.6) is 0 Å². The summed E-state index contributed by atoms with van der Waals surface area (Å²) in [6, 6.07) is 7.88. The molecule has 1 saturated heterocycles. The summed E-state index contributed by atoms with van der Waals surface area (Å²) in [5, 5.41) is 23.0. The standard InChI is InChI=1S/C17H20N8OS.ClH/c1-24-11-19-22-17(24)27-14-4-2-12(3-5-14)20-16(26)15-10-25(23-21-15)13-6-8-18-9-7-13;/h2-5,10-11,13,18H,6-9H2,1H3,(H,20,26);1H. The molecule has 4 rings (SSSR count). The Morgan fingerprint density at radius 2 is 1.96 bits per heavy atom. The lowest BCUT2D eigenvalue weighted by molar-refractivity contribution is 0.102. The zero-order valence-electron chi connectivity index (χ0n) is 15.3. The summed E-state index contributed by atoms with van der Waals surface area (Å²) in [5.41, 5.74) is 1.03. The highest BCUT2D eigenvalue weighted by Gasteiger charge is 2.18. The molecule has 1 aliphatic rings. The van der Waals surface area contributed by atoms with E-state index in [0.29, 0.717) is 17.4 Å². The molecule has 0 saturated carbocycles. The van der Waals surface area contributed by atoms with E-state index in [2.05, 4.69) is 31.1 Å². The maximum Gasteiger partial charge on any atom is 0.277 e. The quantitative estimate of drug-likeness (QED) is 0.651. The lowest BCUT2D eigenvalue weighted by atomic mass is 10.1. The molecule has 3 aromatic rings. The number of carbonyl (C=O) groups excluding carboxylic acids is 1. The molecule has 1 aromatic carbocycles. The number of carbonyl (C=O) groups is 1. The number of hydrogen-bond acceptors (Lipinski definition) is 7. The minimum Gasteiger partial charge on any atom is -0.321 e. The first-order chi connectivity index (χ1) is 13.2. The highest BCUT2D eigenvalue weighted by Crippen LogP contribution is 2.26. The van der Waals surface area contributed by atoms with Crippen molar-refractivity contribution in [3.63, 3.8) is 0 Å². The molecule has 9 nitrogen and oxygen atoms in total. The maximum absolute atomic E-state index is 12.4. The van der Waals surface area contributed by atoms with Crippen molar-refractivity contribution in [3.8, 4) is 0 Å². The van der Waals surface area contributed by atoms with Gasteiger partial charge in [-0.25, -0.2) is 4.68 Å². The Balaban J connectivity index is 0.00000225. The number of amides is 1. The van der Waals surface area contributed by atoms with Crippen LogP contribution in [0.3, 0.4) is 0 Å². The van der Waals surface area contributed by atoms with Crippen molar-refractivity contribution in [2.45, 2.75) is 28.9 Å². The fourth-order valence-electron chi connectivity index (χ4n) is 2.90. The van der Waals surface area contributed by atoms with Crippen molar-refractivity contribution in [2.75, 3.05) is 18.4 Å². The smallest absolute Gasteiger partial charge is 0.277 e. The zero-order valence-corrected chi connectivity index (χ0v) is 16.9. The molecule has 11 heteroatoms. The summed E-state index contributed by atoms with van der Waals surface area (Å²) >= 11 is 1.51. The van der Waals surface area contributed by atoms with Crippen molar-refractivity contribution in [2.24, 2.45) is 7.05 Å². The largest absolute Gasteiger partial charge is 0.321 e. The van der Waals surface area contributed by atoms with Crippen LogP contribution >= 0.6 is 24.2 Å². The normalized spacial score (nSPS) is 14.5. The Morgan fingerprint density at radius 3 is 2.64 bits per heavy atom. The second-order valence-corrected chi connectivity index (χ2v) is 7.41. The predicted molar refractivity (Wildman–Crippen MR) is 108 cm³/mol. The zero-order chi connectivity index (χ0) is 18.6. The van der Waals surface area contributed by atoms with Gasteiger partial charge in [0.05, 0.1) is 12.2 Å². The maximum atomic E-state index is 12.4. The van der Waals surface area contributed by atoms with Gasteiger partial charge < -0.3 is 15.2 Å². The van der Waals surface area contributed by atoms with E-state index in [-0.39, 0.29) is 18.3 Å². The number of aryl methyl sites for hydroxylation is 1. The topological polar surface area (TPSA) is 103 Å². The van der Waals surface area contributed by atoms with Crippen molar-refractivity contribution in [1.29, 1.82) is 0 Å². The summed E-state index contributed by atoms with van der Waals surface area (Å²) in [6.45, 7) is 1.93. The lowest BCUT2D eigenvalue weighted by Crippen LogP contribution is -2.29. The molecule has 0 radical (unpaired) electrons. The van der Waals surface area contributed by atoms with Gasteiger partial charge in [-0.05, 0) is 62.0 Å². The van der Waals surface area contributed by atoms with Crippen molar-refractivity contribution in [1.82, 2.24) is 35.1 Å². The molecule has 2 N–H and O–H groups in total. The van der Waals surface area contributed by atoms with E-state index in [9.17, 15) is 4.79 Å². The second kappa shape index (κ2) is 9.18. The van der Waals surface area contributed by atoms with Gasteiger partial charge in [-0.3, -0.25) is 4.79 Å². The third-order valence-corrected chi connectivity index (χ3v) is 5.48. The van der Waals surface area contributed by atoms with Crippen LogP contribution in [0.2, 0.25) is 0 Å². The van der Waals surface area contributed by atoms with E-state index >= 15 is 0 Å². The summed E-state index contributed by atoms with van der Waals surface area (Å²) in [7, 11) is 1.90. The Morgan fingerprint density at radius 1 is 1.21 bits per heavy atom. The van der Waals surface area contributed by atoms with Crippen LogP contribution in [0.15, 0.2) is 46.8 Å². The molecular formula is C17H21ClN8OS. The van der Waals surface area contributed by atoms with Gasteiger partial charge in [0.15, 0.2) is 10.9 Å². The summed E-state index contributed by atoms with van der Waals surface area (Å²) in [6.07, 6.45) is 5.38. The molecule has 0 aliphatic carbocycles. The average Bonchev–Trinajstić information content (AvgIpc) is 3.34.